The molecule has 1 atom stereocenters. The zero-order valence-electron chi connectivity index (χ0n) is 10.2. The summed E-state index contributed by atoms with van der Waals surface area (Å²) < 4.78 is 5.18. The van der Waals surface area contributed by atoms with E-state index in [1.165, 1.54) is 4.88 Å². The summed E-state index contributed by atoms with van der Waals surface area (Å²) in [4.78, 5) is 1.20. The predicted molar refractivity (Wildman–Crippen MR) is 70.7 cm³/mol. The van der Waals surface area contributed by atoms with Crippen molar-refractivity contribution >= 4 is 11.3 Å². The van der Waals surface area contributed by atoms with E-state index in [1.807, 2.05) is 49.6 Å². The lowest BCUT2D eigenvalue weighted by Gasteiger charge is -2.23. The molecule has 2 nitrogen and oxygen atoms in total. The van der Waals surface area contributed by atoms with Crippen LogP contribution in [0.5, 0.6) is 5.75 Å². The second kappa shape index (κ2) is 4.51. The van der Waals surface area contributed by atoms with Gasteiger partial charge in [-0.2, -0.15) is 0 Å². The summed E-state index contributed by atoms with van der Waals surface area (Å²) in [5, 5.41) is 12.6. The van der Waals surface area contributed by atoms with E-state index in [-0.39, 0.29) is 0 Å². The first-order chi connectivity index (χ1) is 8.04. The molecule has 3 heteroatoms. The molecule has 0 bridgehead atoms. The highest BCUT2D eigenvalue weighted by Crippen LogP contribution is 2.33. The van der Waals surface area contributed by atoms with Gasteiger partial charge in [-0.3, -0.25) is 0 Å². The second-order valence-corrected chi connectivity index (χ2v) is 5.37. The van der Waals surface area contributed by atoms with Gasteiger partial charge in [0.1, 0.15) is 11.4 Å². The van der Waals surface area contributed by atoms with Crippen molar-refractivity contribution in [3.63, 3.8) is 0 Å². The molecule has 90 valence electrons. The number of aliphatic hydroxyl groups is 1. The smallest absolute Gasteiger partial charge is 0.119 e. The average Bonchev–Trinajstić information content (AvgIpc) is 2.76. The van der Waals surface area contributed by atoms with Gasteiger partial charge in [-0.15, -0.1) is 11.3 Å². The van der Waals surface area contributed by atoms with Gasteiger partial charge in [0.25, 0.3) is 0 Å². The Hall–Kier alpha value is -1.32. The summed E-state index contributed by atoms with van der Waals surface area (Å²) in [7, 11) is 1.63. The fourth-order valence-corrected chi connectivity index (χ4v) is 2.60. The second-order valence-electron chi connectivity index (χ2n) is 4.25. The standard InChI is InChI=1S/C14H16O2S/c1-10-7-12(9-17-10)14(2,15)11-5-4-6-13(8-11)16-3/h4-9,15H,1-3H3. The molecule has 2 rings (SSSR count). The zero-order chi connectivity index (χ0) is 12.5. The third-order valence-corrected chi connectivity index (χ3v) is 3.79. The van der Waals surface area contributed by atoms with Gasteiger partial charge in [-0.05, 0) is 48.6 Å². The first-order valence-electron chi connectivity index (χ1n) is 5.46. The van der Waals surface area contributed by atoms with Crippen molar-refractivity contribution < 1.29 is 9.84 Å². The summed E-state index contributed by atoms with van der Waals surface area (Å²) in [6.07, 6.45) is 0. The predicted octanol–water partition coefficient (Wildman–Crippen LogP) is 3.32. The highest BCUT2D eigenvalue weighted by Gasteiger charge is 2.26. The molecule has 0 radical (unpaired) electrons. The van der Waals surface area contributed by atoms with Gasteiger partial charge in [-0.1, -0.05) is 12.1 Å². The summed E-state index contributed by atoms with van der Waals surface area (Å²) in [5.74, 6) is 0.759. The molecule has 2 aromatic rings. The Morgan fingerprint density at radius 2 is 2.00 bits per heavy atom. The maximum atomic E-state index is 10.6. The van der Waals surface area contributed by atoms with E-state index in [0.29, 0.717) is 0 Å². The highest BCUT2D eigenvalue weighted by molar-refractivity contribution is 7.10. The fraction of sp³-hybridized carbons (Fsp3) is 0.286. The van der Waals surface area contributed by atoms with E-state index in [9.17, 15) is 5.11 Å². The van der Waals surface area contributed by atoms with Crippen molar-refractivity contribution in [2.24, 2.45) is 0 Å². The van der Waals surface area contributed by atoms with E-state index in [2.05, 4.69) is 0 Å². The molecule has 1 unspecified atom stereocenters. The molecule has 1 N–H and O–H groups in total. The maximum absolute atomic E-state index is 10.6. The van der Waals surface area contributed by atoms with E-state index < -0.39 is 5.60 Å². The Balaban J connectivity index is 2.43. The Kier molecular flexibility index (Phi) is 3.22. The van der Waals surface area contributed by atoms with Gasteiger partial charge in [0.2, 0.25) is 0 Å². The van der Waals surface area contributed by atoms with E-state index in [0.717, 1.165) is 16.9 Å². The van der Waals surface area contributed by atoms with Crippen LogP contribution in [0.15, 0.2) is 35.7 Å². The van der Waals surface area contributed by atoms with Crippen LogP contribution in [0, 0.1) is 6.92 Å². The van der Waals surface area contributed by atoms with Crippen molar-refractivity contribution in [1.29, 1.82) is 0 Å². The molecule has 0 aliphatic carbocycles. The van der Waals surface area contributed by atoms with Crippen LogP contribution >= 0.6 is 11.3 Å². The van der Waals surface area contributed by atoms with Crippen LogP contribution in [0.4, 0.5) is 0 Å². The molecule has 1 aromatic carbocycles. The van der Waals surface area contributed by atoms with Crippen LogP contribution in [-0.2, 0) is 5.60 Å². The topological polar surface area (TPSA) is 29.5 Å². The van der Waals surface area contributed by atoms with E-state index in [1.54, 1.807) is 18.4 Å². The van der Waals surface area contributed by atoms with Gasteiger partial charge in [0, 0.05) is 4.88 Å². The molecule has 17 heavy (non-hydrogen) atoms. The lowest BCUT2D eigenvalue weighted by Crippen LogP contribution is -2.21. The third-order valence-electron chi connectivity index (χ3n) is 2.92. The van der Waals surface area contributed by atoms with Crippen LogP contribution in [0.2, 0.25) is 0 Å². The Morgan fingerprint density at radius 3 is 2.59 bits per heavy atom. The minimum Gasteiger partial charge on any atom is -0.497 e. The first kappa shape index (κ1) is 12.1. The van der Waals surface area contributed by atoms with Gasteiger partial charge in [0.05, 0.1) is 7.11 Å². The number of hydrogen-bond donors (Lipinski definition) is 1. The van der Waals surface area contributed by atoms with Crippen LogP contribution in [0.3, 0.4) is 0 Å². The summed E-state index contributed by atoms with van der Waals surface area (Å²) in [5.41, 5.74) is 0.794. The van der Waals surface area contributed by atoms with Crippen molar-refractivity contribution in [2.45, 2.75) is 19.4 Å². The average molecular weight is 248 g/mol. The number of rotatable bonds is 3. The largest absolute Gasteiger partial charge is 0.497 e. The van der Waals surface area contributed by atoms with E-state index in [4.69, 9.17) is 4.74 Å². The third kappa shape index (κ3) is 2.35. The zero-order valence-corrected chi connectivity index (χ0v) is 11.0. The lowest BCUT2D eigenvalue weighted by atomic mass is 9.90. The molecule has 0 fully saturated rings. The number of hydrogen-bond acceptors (Lipinski definition) is 3. The molecule has 0 saturated carbocycles. The fourth-order valence-electron chi connectivity index (χ4n) is 1.79. The monoisotopic (exact) mass is 248 g/mol. The van der Waals surface area contributed by atoms with Crippen molar-refractivity contribution in [3.05, 3.63) is 51.7 Å². The SMILES string of the molecule is COc1cccc(C(C)(O)c2csc(C)c2)c1. The molecule has 0 amide bonds. The molecule has 0 aliphatic rings. The number of ether oxygens (including phenoxy) is 1. The Bertz CT molecular complexity index is 514. The minimum atomic E-state index is -0.973. The highest BCUT2D eigenvalue weighted by atomic mass is 32.1. The van der Waals surface area contributed by atoms with Crippen molar-refractivity contribution in [2.75, 3.05) is 7.11 Å². The van der Waals surface area contributed by atoms with Crippen LogP contribution in [0.25, 0.3) is 0 Å². The molecular weight excluding hydrogens is 232 g/mol. The maximum Gasteiger partial charge on any atom is 0.119 e. The molecule has 0 spiro atoms. The summed E-state index contributed by atoms with van der Waals surface area (Å²) >= 11 is 1.64. The summed E-state index contributed by atoms with van der Waals surface area (Å²) in [6, 6.07) is 9.56. The minimum absolute atomic E-state index is 0.759. The van der Waals surface area contributed by atoms with Gasteiger partial charge < -0.3 is 9.84 Å². The lowest BCUT2D eigenvalue weighted by molar-refractivity contribution is 0.102. The first-order valence-corrected chi connectivity index (χ1v) is 6.34. The Morgan fingerprint density at radius 1 is 1.24 bits per heavy atom. The van der Waals surface area contributed by atoms with Crippen LogP contribution < -0.4 is 4.74 Å². The number of aryl methyl sites for hydroxylation is 1. The quantitative estimate of drug-likeness (QED) is 0.903. The number of thiophene rings is 1. The molecule has 0 saturated heterocycles. The van der Waals surface area contributed by atoms with Crippen LogP contribution in [-0.4, -0.2) is 12.2 Å². The molecular formula is C14H16O2S. The van der Waals surface area contributed by atoms with E-state index >= 15 is 0 Å². The van der Waals surface area contributed by atoms with Gasteiger partial charge >= 0.3 is 0 Å². The number of benzene rings is 1. The van der Waals surface area contributed by atoms with Crippen molar-refractivity contribution in [1.82, 2.24) is 0 Å². The van der Waals surface area contributed by atoms with Gasteiger partial charge in [-0.25, -0.2) is 0 Å². The molecule has 0 aliphatic heterocycles. The normalized spacial score (nSPS) is 14.4. The summed E-state index contributed by atoms with van der Waals surface area (Å²) in [6.45, 7) is 3.85. The number of methoxy groups -OCH3 is 1. The molecule has 1 aromatic heterocycles. The Labute approximate surface area is 105 Å². The van der Waals surface area contributed by atoms with Gasteiger partial charge in [0.15, 0.2) is 0 Å². The molecule has 1 heterocycles. The van der Waals surface area contributed by atoms with Crippen molar-refractivity contribution in [3.8, 4) is 5.75 Å². The van der Waals surface area contributed by atoms with Crippen LogP contribution in [0.1, 0.15) is 22.9 Å².